The fourth-order valence-electron chi connectivity index (χ4n) is 2.56. The monoisotopic (exact) mass is 286 g/mol. The summed E-state index contributed by atoms with van der Waals surface area (Å²) >= 11 is 0. The van der Waals surface area contributed by atoms with Crippen molar-refractivity contribution in [3.63, 3.8) is 0 Å². The minimum atomic E-state index is -0.449. The summed E-state index contributed by atoms with van der Waals surface area (Å²) in [5, 5.41) is 20.0. The zero-order valence-corrected chi connectivity index (χ0v) is 11.6. The number of rotatable bonds is 2. The van der Waals surface area contributed by atoms with Gasteiger partial charge in [-0.05, 0) is 30.7 Å². The minimum absolute atomic E-state index is 0.0912. The van der Waals surface area contributed by atoms with E-state index in [1.54, 1.807) is 31.2 Å². The van der Waals surface area contributed by atoms with Gasteiger partial charge in [0.05, 0.1) is 19.1 Å². The van der Waals surface area contributed by atoms with E-state index in [1.165, 1.54) is 7.11 Å². The number of aliphatic hydroxyl groups excluding tert-OH is 1. The molecule has 0 amide bonds. The van der Waals surface area contributed by atoms with Gasteiger partial charge in [0.2, 0.25) is 5.43 Å². The number of benzene rings is 2. The van der Waals surface area contributed by atoms with Crippen molar-refractivity contribution >= 4 is 21.9 Å². The van der Waals surface area contributed by atoms with Crippen molar-refractivity contribution in [2.75, 3.05) is 7.11 Å². The lowest BCUT2D eigenvalue weighted by Crippen LogP contribution is -2.07. The highest BCUT2D eigenvalue weighted by Crippen LogP contribution is 2.32. The Kier molecular flexibility index (Phi) is 3.07. The second kappa shape index (κ2) is 4.79. The minimum Gasteiger partial charge on any atom is -0.507 e. The maximum atomic E-state index is 12.7. The number of aliphatic hydroxyl groups is 1. The number of hydrogen-bond donors (Lipinski definition) is 2. The first-order valence-corrected chi connectivity index (χ1v) is 6.44. The van der Waals surface area contributed by atoms with E-state index in [-0.39, 0.29) is 22.1 Å². The molecule has 0 saturated carbocycles. The van der Waals surface area contributed by atoms with Crippen molar-refractivity contribution < 1.29 is 19.4 Å². The van der Waals surface area contributed by atoms with E-state index in [9.17, 15) is 15.0 Å². The van der Waals surface area contributed by atoms with Gasteiger partial charge in [-0.3, -0.25) is 4.79 Å². The van der Waals surface area contributed by atoms with Crippen LogP contribution in [0, 0.1) is 6.92 Å². The quantitative estimate of drug-likeness (QED) is 0.707. The SMILES string of the molecule is COc1cccc2oc3cc(C)c(O)c(CO)c3c(=O)c12. The summed E-state index contributed by atoms with van der Waals surface area (Å²) < 4.78 is 10.9. The number of methoxy groups -OCH3 is 1. The predicted octanol–water partition coefficient (Wildman–Crippen LogP) is 2.46. The summed E-state index contributed by atoms with van der Waals surface area (Å²) in [4.78, 5) is 12.7. The molecule has 5 heteroatoms. The molecule has 0 spiro atoms. The number of ether oxygens (including phenoxy) is 1. The third-order valence-electron chi connectivity index (χ3n) is 3.60. The van der Waals surface area contributed by atoms with Crippen molar-refractivity contribution in [1.82, 2.24) is 0 Å². The van der Waals surface area contributed by atoms with E-state index in [4.69, 9.17) is 9.15 Å². The molecule has 0 aliphatic rings. The molecule has 1 heterocycles. The second-order valence-corrected chi connectivity index (χ2v) is 4.82. The van der Waals surface area contributed by atoms with Gasteiger partial charge in [-0.25, -0.2) is 0 Å². The van der Waals surface area contributed by atoms with Gasteiger partial charge in [0, 0.05) is 5.56 Å². The topological polar surface area (TPSA) is 79.9 Å². The normalized spacial score (nSPS) is 11.2. The lowest BCUT2D eigenvalue weighted by atomic mass is 10.0. The Morgan fingerprint density at radius 1 is 1.24 bits per heavy atom. The standard InChI is InChI=1S/C16H14O5/c1-8-6-12-13(9(7-17)15(8)18)16(19)14-10(20-2)4-3-5-11(14)21-12/h3-6,17-18H,7H2,1-2H3. The van der Waals surface area contributed by atoms with Crippen LogP contribution in [0.2, 0.25) is 0 Å². The molecule has 2 N–H and O–H groups in total. The van der Waals surface area contributed by atoms with Crippen molar-refractivity contribution in [3.05, 3.63) is 45.6 Å². The van der Waals surface area contributed by atoms with Crippen LogP contribution in [0.1, 0.15) is 11.1 Å². The summed E-state index contributed by atoms with van der Waals surface area (Å²) in [6.45, 7) is 1.24. The molecular weight excluding hydrogens is 272 g/mol. The zero-order chi connectivity index (χ0) is 15.1. The molecule has 0 radical (unpaired) electrons. The predicted molar refractivity (Wildman–Crippen MR) is 78.9 cm³/mol. The number of hydrogen-bond acceptors (Lipinski definition) is 5. The Hall–Kier alpha value is -2.53. The van der Waals surface area contributed by atoms with E-state index in [0.717, 1.165) is 0 Å². The molecule has 3 aromatic rings. The van der Waals surface area contributed by atoms with Crippen LogP contribution in [-0.2, 0) is 6.61 Å². The summed E-state index contributed by atoms with van der Waals surface area (Å²) in [6.07, 6.45) is 0. The fraction of sp³-hybridized carbons (Fsp3) is 0.188. The lowest BCUT2D eigenvalue weighted by Gasteiger charge is -2.11. The van der Waals surface area contributed by atoms with Crippen LogP contribution in [0.15, 0.2) is 33.5 Å². The van der Waals surface area contributed by atoms with Gasteiger partial charge in [-0.2, -0.15) is 0 Å². The molecule has 3 rings (SSSR count). The smallest absolute Gasteiger partial charge is 0.204 e. The first kappa shape index (κ1) is 13.5. The molecule has 5 nitrogen and oxygen atoms in total. The van der Waals surface area contributed by atoms with Crippen LogP contribution in [0.4, 0.5) is 0 Å². The highest BCUT2D eigenvalue weighted by molar-refractivity contribution is 5.95. The largest absolute Gasteiger partial charge is 0.507 e. The zero-order valence-electron chi connectivity index (χ0n) is 11.6. The Morgan fingerprint density at radius 2 is 2.00 bits per heavy atom. The van der Waals surface area contributed by atoms with Crippen LogP contribution in [0.25, 0.3) is 21.9 Å². The maximum Gasteiger partial charge on any atom is 0.204 e. The third kappa shape index (κ3) is 1.86. The number of phenols is 1. The molecule has 0 aliphatic carbocycles. The van der Waals surface area contributed by atoms with Crippen LogP contribution in [0.3, 0.4) is 0 Å². The van der Waals surface area contributed by atoms with E-state index in [0.29, 0.717) is 27.9 Å². The van der Waals surface area contributed by atoms with Gasteiger partial charge < -0.3 is 19.4 Å². The van der Waals surface area contributed by atoms with Crippen LogP contribution in [-0.4, -0.2) is 17.3 Å². The highest BCUT2D eigenvalue weighted by Gasteiger charge is 2.18. The summed E-state index contributed by atoms with van der Waals surface area (Å²) in [7, 11) is 1.47. The van der Waals surface area contributed by atoms with Gasteiger partial charge in [0.25, 0.3) is 0 Å². The number of aryl methyl sites for hydroxylation is 1. The molecule has 0 unspecified atom stereocenters. The average Bonchev–Trinajstić information content (AvgIpc) is 2.48. The van der Waals surface area contributed by atoms with Gasteiger partial charge in [0.1, 0.15) is 28.1 Å². The van der Waals surface area contributed by atoms with E-state index in [2.05, 4.69) is 0 Å². The van der Waals surface area contributed by atoms with E-state index >= 15 is 0 Å². The summed E-state index contributed by atoms with van der Waals surface area (Å²) in [5.74, 6) is 0.304. The molecule has 0 aliphatic heterocycles. The first-order valence-electron chi connectivity index (χ1n) is 6.44. The molecule has 21 heavy (non-hydrogen) atoms. The molecule has 0 saturated heterocycles. The van der Waals surface area contributed by atoms with E-state index < -0.39 is 6.61 Å². The van der Waals surface area contributed by atoms with Crippen molar-refractivity contribution in [2.24, 2.45) is 0 Å². The fourth-order valence-corrected chi connectivity index (χ4v) is 2.56. The molecule has 1 aromatic heterocycles. The second-order valence-electron chi connectivity index (χ2n) is 4.82. The van der Waals surface area contributed by atoms with Crippen molar-refractivity contribution in [1.29, 1.82) is 0 Å². The number of aromatic hydroxyl groups is 1. The van der Waals surface area contributed by atoms with Gasteiger partial charge in [0.15, 0.2) is 0 Å². The Morgan fingerprint density at radius 3 is 2.67 bits per heavy atom. The summed E-state index contributed by atoms with van der Waals surface area (Å²) in [6, 6.07) is 6.66. The Labute approximate surface area is 120 Å². The molecule has 0 fully saturated rings. The van der Waals surface area contributed by atoms with Gasteiger partial charge in [-0.15, -0.1) is 0 Å². The molecular formula is C16H14O5. The van der Waals surface area contributed by atoms with Gasteiger partial charge in [-0.1, -0.05) is 6.07 Å². The average molecular weight is 286 g/mol. The first-order chi connectivity index (χ1) is 10.1. The van der Waals surface area contributed by atoms with E-state index in [1.807, 2.05) is 0 Å². The Bertz CT molecular complexity index is 908. The molecule has 108 valence electrons. The highest BCUT2D eigenvalue weighted by atomic mass is 16.5. The van der Waals surface area contributed by atoms with Crippen LogP contribution >= 0.6 is 0 Å². The Balaban J connectivity index is 2.62. The maximum absolute atomic E-state index is 12.7. The van der Waals surface area contributed by atoms with Gasteiger partial charge >= 0.3 is 0 Å². The lowest BCUT2D eigenvalue weighted by molar-refractivity contribution is 0.277. The third-order valence-corrected chi connectivity index (χ3v) is 3.60. The van der Waals surface area contributed by atoms with Crippen LogP contribution < -0.4 is 10.2 Å². The van der Waals surface area contributed by atoms with Crippen LogP contribution in [0.5, 0.6) is 11.5 Å². The van der Waals surface area contributed by atoms with Crippen molar-refractivity contribution in [3.8, 4) is 11.5 Å². The molecule has 0 atom stereocenters. The van der Waals surface area contributed by atoms with Crippen molar-refractivity contribution in [2.45, 2.75) is 13.5 Å². The number of fused-ring (bicyclic) bond motifs is 2. The molecule has 0 bridgehead atoms. The molecule has 2 aromatic carbocycles. The summed E-state index contributed by atoms with van der Waals surface area (Å²) in [5.41, 5.74) is 1.12.